The molecule has 1 N–H and O–H groups in total. The smallest absolute Gasteiger partial charge is 0.339 e. The van der Waals surface area contributed by atoms with Gasteiger partial charge >= 0.3 is 5.97 Å². The molecule has 1 fully saturated rings. The molecule has 1 aliphatic carbocycles. The summed E-state index contributed by atoms with van der Waals surface area (Å²) in [5, 5.41) is 2.88. The van der Waals surface area contributed by atoms with Crippen LogP contribution in [0, 0.1) is 26.7 Å². The third kappa shape index (κ3) is 5.08. The van der Waals surface area contributed by atoms with E-state index < -0.39 is 5.97 Å². The first kappa shape index (κ1) is 17.5. The van der Waals surface area contributed by atoms with E-state index >= 15 is 0 Å². The van der Waals surface area contributed by atoms with Crippen LogP contribution in [0.2, 0.25) is 0 Å². The number of amides is 1. The van der Waals surface area contributed by atoms with Crippen molar-refractivity contribution in [3.05, 3.63) is 34.4 Å². The Bertz CT molecular complexity index is 551. The summed E-state index contributed by atoms with van der Waals surface area (Å²) < 4.78 is 5.18. The van der Waals surface area contributed by atoms with Gasteiger partial charge in [-0.15, -0.1) is 0 Å². The van der Waals surface area contributed by atoms with Crippen molar-refractivity contribution < 1.29 is 14.3 Å². The molecule has 1 aliphatic rings. The number of hydrogen-bond donors (Lipinski definition) is 1. The predicted octanol–water partition coefficient (Wildman–Crippen LogP) is 3.47. The highest BCUT2D eigenvalue weighted by molar-refractivity contribution is 5.94. The van der Waals surface area contributed by atoms with E-state index in [1.54, 1.807) is 0 Å². The minimum Gasteiger partial charge on any atom is -0.452 e. The fraction of sp³-hybridized carbons (Fsp3) is 0.579. The van der Waals surface area contributed by atoms with E-state index in [0.29, 0.717) is 18.0 Å². The number of ether oxygens (including phenoxy) is 1. The normalized spacial score (nSPS) is 15.3. The summed E-state index contributed by atoms with van der Waals surface area (Å²) in [7, 11) is 0. The van der Waals surface area contributed by atoms with Crippen molar-refractivity contribution in [3.63, 3.8) is 0 Å². The summed E-state index contributed by atoms with van der Waals surface area (Å²) in [4.78, 5) is 24.1. The Hall–Kier alpha value is -1.84. The topological polar surface area (TPSA) is 55.4 Å². The van der Waals surface area contributed by atoms with Gasteiger partial charge in [0.25, 0.3) is 5.91 Å². The van der Waals surface area contributed by atoms with Crippen molar-refractivity contribution in [3.8, 4) is 0 Å². The maximum atomic E-state index is 12.2. The third-order valence-corrected chi connectivity index (χ3v) is 4.53. The lowest BCUT2D eigenvalue weighted by molar-refractivity contribution is -0.124. The zero-order chi connectivity index (χ0) is 16.8. The van der Waals surface area contributed by atoms with Crippen LogP contribution in [0.15, 0.2) is 12.1 Å². The molecule has 0 spiro atoms. The highest BCUT2D eigenvalue weighted by atomic mass is 16.5. The molecule has 1 saturated carbocycles. The number of carbonyl (C=O) groups excluding carboxylic acids is 2. The van der Waals surface area contributed by atoms with Crippen LogP contribution in [0.4, 0.5) is 0 Å². The molecule has 4 heteroatoms. The van der Waals surface area contributed by atoms with Gasteiger partial charge in [-0.2, -0.15) is 0 Å². The van der Waals surface area contributed by atoms with Crippen LogP contribution in [0.3, 0.4) is 0 Å². The van der Waals surface area contributed by atoms with Crippen molar-refractivity contribution in [1.29, 1.82) is 0 Å². The molecule has 0 atom stereocenters. The molecular weight excluding hydrogens is 290 g/mol. The number of esters is 1. The molecular formula is C19H27NO3. The zero-order valence-corrected chi connectivity index (χ0v) is 14.4. The van der Waals surface area contributed by atoms with E-state index in [-0.39, 0.29) is 12.5 Å². The second-order valence-electron chi connectivity index (χ2n) is 6.66. The van der Waals surface area contributed by atoms with Crippen LogP contribution in [0.5, 0.6) is 0 Å². The second-order valence-corrected chi connectivity index (χ2v) is 6.66. The highest BCUT2D eigenvalue weighted by Gasteiger charge is 2.17. The molecule has 2 rings (SSSR count). The van der Waals surface area contributed by atoms with E-state index in [2.05, 4.69) is 5.32 Å². The molecule has 1 aromatic rings. The molecule has 0 aliphatic heterocycles. The van der Waals surface area contributed by atoms with Gasteiger partial charge in [0.2, 0.25) is 0 Å². The van der Waals surface area contributed by atoms with Crippen molar-refractivity contribution in [2.24, 2.45) is 5.92 Å². The van der Waals surface area contributed by atoms with Crippen LogP contribution >= 0.6 is 0 Å². The van der Waals surface area contributed by atoms with Crippen molar-refractivity contribution in [2.75, 3.05) is 13.2 Å². The Morgan fingerprint density at radius 3 is 2.30 bits per heavy atom. The molecule has 0 unspecified atom stereocenters. The Labute approximate surface area is 138 Å². The minimum atomic E-state index is -0.423. The fourth-order valence-corrected chi connectivity index (χ4v) is 3.41. The number of carbonyl (C=O) groups is 2. The molecule has 1 aromatic carbocycles. The van der Waals surface area contributed by atoms with Crippen molar-refractivity contribution in [1.82, 2.24) is 5.32 Å². The first-order valence-electron chi connectivity index (χ1n) is 8.49. The van der Waals surface area contributed by atoms with Gasteiger partial charge in [0, 0.05) is 6.54 Å². The fourth-order valence-electron chi connectivity index (χ4n) is 3.41. The first-order valence-corrected chi connectivity index (χ1v) is 8.49. The molecule has 0 aromatic heterocycles. The SMILES string of the molecule is Cc1cc(C)c(C(=O)OCC(=O)NCC2CCCCC2)c(C)c1. The van der Waals surface area contributed by atoms with Gasteiger partial charge in [-0.1, -0.05) is 37.0 Å². The molecule has 0 saturated heterocycles. The van der Waals surface area contributed by atoms with Crippen LogP contribution in [-0.4, -0.2) is 25.0 Å². The van der Waals surface area contributed by atoms with Gasteiger partial charge in [0.1, 0.15) is 0 Å². The van der Waals surface area contributed by atoms with Crippen LogP contribution < -0.4 is 5.32 Å². The first-order chi connectivity index (χ1) is 11.0. The number of benzene rings is 1. The lowest BCUT2D eigenvalue weighted by Crippen LogP contribution is -2.33. The maximum absolute atomic E-state index is 12.2. The van der Waals surface area contributed by atoms with Gasteiger partial charge in [-0.3, -0.25) is 4.79 Å². The summed E-state index contributed by atoms with van der Waals surface area (Å²) in [6.07, 6.45) is 6.17. The molecule has 0 heterocycles. The lowest BCUT2D eigenvalue weighted by atomic mass is 9.89. The minimum absolute atomic E-state index is 0.210. The number of aryl methyl sites for hydroxylation is 3. The third-order valence-electron chi connectivity index (χ3n) is 4.53. The Morgan fingerprint density at radius 2 is 1.70 bits per heavy atom. The Kier molecular flexibility index (Phi) is 6.20. The molecule has 4 nitrogen and oxygen atoms in total. The summed E-state index contributed by atoms with van der Waals surface area (Å²) >= 11 is 0. The second kappa shape index (κ2) is 8.14. The average Bonchev–Trinajstić information content (AvgIpc) is 2.51. The molecule has 126 valence electrons. The quantitative estimate of drug-likeness (QED) is 0.846. The summed E-state index contributed by atoms with van der Waals surface area (Å²) in [6, 6.07) is 3.90. The van der Waals surface area contributed by atoms with E-state index in [1.165, 1.54) is 32.1 Å². The predicted molar refractivity (Wildman–Crippen MR) is 90.5 cm³/mol. The standard InChI is InChI=1S/C19H27NO3/c1-13-9-14(2)18(15(3)10-13)19(22)23-12-17(21)20-11-16-7-5-4-6-8-16/h9-10,16H,4-8,11-12H2,1-3H3,(H,20,21). The highest BCUT2D eigenvalue weighted by Crippen LogP contribution is 2.22. The van der Waals surface area contributed by atoms with Crippen molar-refractivity contribution >= 4 is 11.9 Å². The van der Waals surface area contributed by atoms with Gasteiger partial charge in [-0.25, -0.2) is 4.79 Å². The van der Waals surface area contributed by atoms with Gasteiger partial charge in [0.05, 0.1) is 5.56 Å². The monoisotopic (exact) mass is 317 g/mol. The Morgan fingerprint density at radius 1 is 1.09 bits per heavy atom. The van der Waals surface area contributed by atoms with E-state index in [4.69, 9.17) is 4.74 Å². The number of hydrogen-bond acceptors (Lipinski definition) is 3. The summed E-state index contributed by atoms with van der Waals surface area (Å²) in [6.45, 7) is 6.25. The number of nitrogens with one attached hydrogen (secondary N) is 1. The Balaban J connectivity index is 1.81. The molecule has 23 heavy (non-hydrogen) atoms. The van der Waals surface area contributed by atoms with Crippen LogP contribution in [0.25, 0.3) is 0 Å². The molecule has 1 amide bonds. The number of rotatable bonds is 5. The summed E-state index contributed by atoms with van der Waals surface area (Å²) in [5.74, 6) is -0.0656. The summed E-state index contributed by atoms with van der Waals surface area (Å²) in [5.41, 5.74) is 3.45. The van der Waals surface area contributed by atoms with Gasteiger partial charge < -0.3 is 10.1 Å². The van der Waals surface area contributed by atoms with Crippen LogP contribution in [0.1, 0.15) is 59.2 Å². The van der Waals surface area contributed by atoms with Gasteiger partial charge in [0.15, 0.2) is 6.61 Å². The zero-order valence-electron chi connectivity index (χ0n) is 14.4. The average molecular weight is 317 g/mol. The maximum Gasteiger partial charge on any atom is 0.339 e. The van der Waals surface area contributed by atoms with E-state index in [1.807, 2.05) is 32.9 Å². The lowest BCUT2D eigenvalue weighted by Gasteiger charge is -2.21. The van der Waals surface area contributed by atoms with Crippen LogP contribution in [-0.2, 0) is 9.53 Å². The van der Waals surface area contributed by atoms with Crippen molar-refractivity contribution in [2.45, 2.75) is 52.9 Å². The van der Waals surface area contributed by atoms with Gasteiger partial charge in [-0.05, 0) is 50.7 Å². The van der Waals surface area contributed by atoms with E-state index in [0.717, 1.165) is 16.7 Å². The molecule has 0 radical (unpaired) electrons. The van der Waals surface area contributed by atoms with E-state index in [9.17, 15) is 9.59 Å². The molecule has 0 bridgehead atoms. The largest absolute Gasteiger partial charge is 0.452 e.